The van der Waals surface area contributed by atoms with E-state index < -0.39 is 4.92 Å². The molecule has 1 aromatic carbocycles. The van der Waals surface area contributed by atoms with Crippen LogP contribution >= 0.6 is 0 Å². The predicted molar refractivity (Wildman–Crippen MR) is 107 cm³/mol. The third-order valence-electron chi connectivity index (χ3n) is 4.92. The van der Waals surface area contributed by atoms with E-state index in [2.05, 4.69) is 28.7 Å². The molecule has 3 rings (SSSR count). The van der Waals surface area contributed by atoms with Gasteiger partial charge in [0.05, 0.1) is 4.92 Å². The lowest BCUT2D eigenvalue weighted by molar-refractivity contribution is -0.385. The minimum atomic E-state index is -0.476. The zero-order valence-corrected chi connectivity index (χ0v) is 16.7. The number of carbonyl (C=O) groups excluding carboxylic acids is 1. The Hall–Kier alpha value is -3.03. The summed E-state index contributed by atoms with van der Waals surface area (Å²) < 4.78 is 0. The number of nitro groups is 1. The average molecular weight is 383 g/mol. The minimum absolute atomic E-state index is 0.108. The zero-order chi connectivity index (χ0) is 20.4. The van der Waals surface area contributed by atoms with E-state index in [1.807, 2.05) is 13.0 Å². The van der Waals surface area contributed by atoms with Crippen LogP contribution in [-0.2, 0) is 0 Å². The minimum Gasteiger partial charge on any atom is -0.353 e. The Morgan fingerprint density at radius 1 is 1.14 bits per heavy atom. The number of amides is 1. The summed E-state index contributed by atoms with van der Waals surface area (Å²) in [5.41, 5.74) is 1.45. The molecule has 1 aliphatic rings. The Labute approximate surface area is 164 Å². The molecule has 1 aliphatic heterocycles. The van der Waals surface area contributed by atoms with Gasteiger partial charge in [-0.2, -0.15) is 0 Å². The number of aryl methyl sites for hydroxylation is 2. The molecule has 0 radical (unpaired) electrons. The van der Waals surface area contributed by atoms with Crippen LogP contribution in [0, 0.1) is 24.0 Å². The van der Waals surface area contributed by atoms with Gasteiger partial charge in [0.25, 0.3) is 11.6 Å². The Kier molecular flexibility index (Phi) is 5.58. The maximum Gasteiger partial charge on any atom is 0.285 e. The lowest BCUT2D eigenvalue weighted by atomic mass is 10.1. The molecule has 8 heteroatoms. The van der Waals surface area contributed by atoms with Gasteiger partial charge in [0.15, 0.2) is 0 Å². The zero-order valence-electron chi connectivity index (χ0n) is 16.7. The lowest BCUT2D eigenvalue weighted by Crippen LogP contribution is -2.49. The number of carbonyl (C=O) groups is 1. The standard InChI is InChI=1S/C20H25N5O3/c1-13(2)19-21-15(4)12-17(22-19)23-8-10-24(11-9-23)20(26)16-7-5-6-14(3)18(16)25(27)28/h5-7,12-13H,8-11H2,1-4H3. The van der Waals surface area contributed by atoms with Gasteiger partial charge in [-0.1, -0.05) is 26.0 Å². The summed E-state index contributed by atoms with van der Waals surface area (Å²) in [4.78, 5) is 36.8. The Morgan fingerprint density at radius 3 is 2.43 bits per heavy atom. The van der Waals surface area contributed by atoms with Gasteiger partial charge in [0, 0.05) is 49.4 Å². The number of anilines is 1. The van der Waals surface area contributed by atoms with Crippen LogP contribution in [0.2, 0.25) is 0 Å². The number of benzene rings is 1. The van der Waals surface area contributed by atoms with Crippen LogP contribution < -0.4 is 4.90 Å². The van der Waals surface area contributed by atoms with Crippen molar-refractivity contribution in [3.8, 4) is 0 Å². The lowest BCUT2D eigenvalue weighted by Gasteiger charge is -2.35. The molecular weight excluding hydrogens is 358 g/mol. The molecule has 0 spiro atoms. The van der Waals surface area contributed by atoms with E-state index >= 15 is 0 Å². The van der Waals surface area contributed by atoms with Gasteiger partial charge < -0.3 is 9.80 Å². The van der Waals surface area contributed by atoms with Gasteiger partial charge in [0.1, 0.15) is 17.2 Å². The molecule has 2 heterocycles. The highest BCUT2D eigenvalue weighted by molar-refractivity contribution is 5.98. The Balaban J connectivity index is 1.75. The van der Waals surface area contributed by atoms with Crippen LogP contribution in [0.1, 0.15) is 47.2 Å². The van der Waals surface area contributed by atoms with Crippen molar-refractivity contribution in [2.45, 2.75) is 33.6 Å². The van der Waals surface area contributed by atoms with E-state index in [1.54, 1.807) is 24.0 Å². The van der Waals surface area contributed by atoms with E-state index in [0.717, 1.165) is 17.3 Å². The van der Waals surface area contributed by atoms with Gasteiger partial charge in [-0.3, -0.25) is 14.9 Å². The van der Waals surface area contributed by atoms with Crippen molar-refractivity contribution < 1.29 is 9.72 Å². The summed E-state index contributed by atoms with van der Waals surface area (Å²) in [6, 6.07) is 6.82. The van der Waals surface area contributed by atoms with Crippen molar-refractivity contribution in [3.63, 3.8) is 0 Å². The molecule has 0 N–H and O–H groups in total. The van der Waals surface area contributed by atoms with E-state index in [-0.39, 0.29) is 23.1 Å². The largest absolute Gasteiger partial charge is 0.353 e. The fourth-order valence-corrected chi connectivity index (χ4v) is 3.38. The first-order valence-electron chi connectivity index (χ1n) is 9.41. The van der Waals surface area contributed by atoms with Gasteiger partial charge >= 0.3 is 0 Å². The molecule has 2 aromatic rings. The third-order valence-corrected chi connectivity index (χ3v) is 4.92. The maximum absolute atomic E-state index is 12.9. The molecule has 8 nitrogen and oxygen atoms in total. The summed E-state index contributed by atoms with van der Waals surface area (Å²) in [6.45, 7) is 9.95. The van der Waals surface area contributed by atoms with Crippen LogP contribution in [-0.4, -0.2) is 51.9 Å². The number of nitro benzene ring substituents is 1. The normalized spacial score (nSPS) is 14.5. The molecule has 1 amide bonds. The first-order chi connectivity index (χ1) is 13.3. The smallest absolute Gasteiger partial charge is 0.285 e. The second-order valence-corrected chi connectivity index (χ2v) is 7.39. The molecule has 1 fully saturated rings. The van der Waals surface area contributed by atoms with Crippen molar-refractivity contribution in [2.24, 2.45) is 0 Å². The summed E-state index contributed by atoms with van der Waals surface area (Å²) in [5.74, 6) is 1.62. The Morgan fingerprint density at radius 2 is 1.82 bits per heavy atom. The molecular formula is C20H25N5O3. The molecule has 0 aliphatic carbocycles. The van der Waals surface area contributed by atoms with Gasteiger partial charge in [-0.15, -0.1) is 0 Å². The first kappa shape index (κ1) is 19.7. The van der Waals surface area contributed by atoms with Crippen LogP contribution in [0.25, 0.3) is 0 Å². The van der Waals surface area contributed by atoms with E-state index in [9.17, 15) is 14.9 Å². The molecule has 0 unspecified atom stereocenters. The van der Waals surface area contributed by atoms with Crippen LogP contribution in [0.4, 0.5) is 11.5 Å². The van der Waals surface area contributed by atoms with Crippen molar-refractivity contribution in [2.75, 3.05) is 31.1 Å². The fraction of sp³-hybridized carbons (Fsp3) is 0.450. The number of aromatic nitrogens is 2. The molecule has 0 bridgehead atoms. The van der Waals surface area contributed by atoms with Crippen molar-refractivity contribution in [1.29, 1.82) is 0 Å². The highest BCUT2D eigenvalue weighted by Crippen LogP contribution is 2.25. The molecule has 0 atom stereocenters. The molecule has 28 heavy (non-hydrogen) atoms. The SMILES string of the molecule is Cc1cc(N2CCN(C(=O)c3cccc(C)c3[N+](=O)[O-])CC2)nc(C(C)C)n1. The Bertz CT molecular complexity index is 905. The van der Waals surface area contributed by atoms with Crippen molar-refractivity contribution in [1.82, 2.24) is 14.9 Å². The van der Waals surface area contributed by atoms with Crippen molar-refractivity contribution >= 4 is 17.4 Å². The van der Waals surface area contributed by atoms with Crippen LogP contribution in [0.3, 0.4) is 0 Å². The number of nitrogens with zero attached hydrogens (tertiary/aromatic N) is 5. The first-order valence-corrected chi connectivity index (χ1v) is 9.41. The second kappa shape index (κ2) is 7.92. The predicted octanol–water partition coefficient (Wildman–Crippen LogP) is 3.09. The quantitative estimate of drug-likeness (QED) is 0.595. The number of hydrogen-bond donors (Lipinski definition) is 0. The fourth-order valence-electron chi connectivity index (χ4n) is 3.38. The van der Waals surface area contributed by atoms with Crippen molar-refractivity contribution in [3.05, 3.63) is 57.0 Å². The molecule has 1 saturated heterocycles. The van der Waals surface area contributed by atoms with Crippen LogP contribution in [0.5, 0.6) is 0 Å². The number of para-hydroxylation sites is 1. The highest BCUT2D eigenvalue weighted by atomic mass is 16.6. The summed E-state index contributed by atoms with van der Waals surface area (Å²) >= 11 is 0. The van der Waals surface area contributed by atoms with Gasteiger partial charge in [0.2, 0.25) is 0 Å². The monoisotopic (exact) mass is 383 g/mol. The average Bonchev–Trinajstić information content (AvgIpc) is 2.66. The summed E-state index contributed by atoms with van der Waals surface area (Å²) in [6.07, 6.45) is 0. The number of hydrogen-bond acceptors (Lipinski definition) is 6. The number of rotatable bonds is 4. The molecule has 0 saturated carbocycles. The second-order valence-electron chi connectivity index (χ2n) is 7.39. The van der Waals surface area contributed by atoms with Crippen LogP contribution in [0.15, 0.2) is 24.3 Å². The molecule has 1 aromatic heterocycles. The number of piperazine rings is 1. The summed E-state index contributed by atoms with van der Waals surface area (Å²) in [5, 5.41) is 11.4. The topological polar surface area (TPSA) is 92.5 Å². The highest BCUT2D eigenvalue weighted by Gasteiger charge is 2.29. The van der Waals surface area contributed by atoms with E-state index in [1.165, 1.54) is 6.07 Å². The van der Waals surface area contributed by atoms with E-state index in [0.29, 0.717) is 31.7 Å². The maximum atomic E-state index is 12.9. The summed E-state index contributed by atoms with van der Waals surface area (Å²) in [7, 11) is 0. The van der Waals surface area contributed by atoms with Gasteiger partial charge in [-0.25, -0.2) is 9.97 Å². The van der Waals surface area contributed by atoms with E-state index in [4.69, 9.17) is 0 Å². The van der Waals surface area contributed by atoms with Gasteiger partial charge in [-0.05, 0) is 19.9 Å². The third kappa shape index (κ3) is 3.95. The molecule has 148 valence electrons.